The molecule has 0 saturated heterocycles. The zero-order chi connectivity index (χ0) is 14.0. The van der Waals surface area contributed by atoms with Gasteiger partial charge >= 0.3 is 0 Å². The lowest BCUT2D eigenvalue weighted by atomic mass is 10.2. The van der Waals surface area contributed by atoms with Crippen molar-refractivity contribution in [3.8, 4) is 0 Å². The van der Waals surface area contributed by atoms with Gasteiger partial charge in [-0.25, -0.2) is 18.5 Å². The Morgan fingerprint density at radius 3 is 2.74 bits per heavy atom. The highest BCUT2D eigenvalue weighted by Crippen LogP contribution is 2.25. The Morgan fingerprint density at radius 2 is 2.16 bits per heavy atom. The maximum absolute atomic E-state index is 11.3. The van der Waals surface area contributed by atoms with Gasteiger partial charge in [0.2, 0.25) is 10.0 Å². The molecule has 0 saturated carbocycles. The lowest BCUT2D eigenvalue weighted by Crippen LogP contribution is -2.13. The van der Waals surface area contributed by atoms with E-state index in [1.807, 2.05) is 19.9 Å². The third-order valence-corrected chi connectivity index (χ3v) is 4.75. The van der Waals surface area contributed by atoms with Crippen molar-refractivity contribution in [3.05, 3.63) is 40.3 Å². The number of hydrogen-bond donors (Lipinski definition) is 2. The highest BCUT2D eigenvalue weighted by molar-refractivity contribution is 7.89. The number of aromatic nitrogens is 1. The summed E-state index contributed by atoms with van der Waals surface area (Å²) in [5, 5.41) is 8.36. The molecule has 1 unspecified atom stereocenters. The van der Waals surface area contributed by atoms with Crippen LogP contribution in [0.15, 0.2) is 34.7 Å². The van der Waals surface area contributed by atoms with Crippen LogP contribution in [0.1, 0.15) is 23.5 Å². The topological polar surface area (TPSA) is 85.1 Å². The Bertz CT molecular complexity index is 680. The number of sulfonamides is 1. The summed E-state index contributed by atoms with van der Waals surface area (Å²) in [7, 11) is -3.67. The summed E-state index contributed by atoms with van der Waals surface area (Å²) >= 11 is 1.57. The first-order valence-electron chi connectivity index (χ1n) is 5.67. The van der Waals surface area contributed by atoms with Gasteiger partial charge in [0.15, 0.2) is 0 Å². The van der Waals surface area contributed by atoms with Gasteiger partial charge in [0, 0.05) is 10.6 Å². The third-order valence-electron chi connectivity index (χ3n) is 2.72. The summed E-state index contributed by atoms with van der Waals surface area (Å²) in [5.74, 6) is 0. The largest absolute Gasteiger partial charge is 0.378 e. The van der Waals surface area contributed by atoms with E-state index in [1.165, 1.54) is 12.1 Å². The second kappa shape index (κ2) is 5.28. The van der Waals surface area contributed by atoms with Crippen molar-refractivity contribution in [1.82, 2.24) is 4.98 Å². The van der Waals surface area contributed by atoms with Crippen LogP contribution in [0.4, 0.5) is 5.69 Å². The average Bonchev–Trinajstić information content (AvgIpc) is 2.75. The maximum Gasteiger partial charge on any atom is 0.238 e. The lowest BCUT2D eigenvalue weighted by molar-refractivity contribution is 0.598. The number of anilines is 1. The van der Waals surface area contributed by atoms with Gasteiger partial charge in [-0.2, -0.15) is 0 Å². The predicted octanol–water partition coefficient (Wildman–Crippen LogP) is 2.27. The number of primary sulfonamides is 1. The van der Waals surface area contributed by atoms with Crippen molar-refractivity contribution < 1.29 is 8.42 Å². The van der Waals surface area contributed by atoms with E-state index in [-0.39, 0.29) is 10.9 Å². The monoisotopic (exact) mass is 297 g/mol. The van der Waals surface area contributed by atoms with E-state index < -0.39 is 10.0 Å². The number of rotatable bonds is 4. The minimum absolute atomic E-state index is 0.0585. The van der Waals surface area contributed by atoms with E-state index in [4.69, 9.17) is 5.14 Å². The maximum atomic E-state index is 11.3. The van der Waals surface area contributed by atoms with Crippen LogP contribution in [-0.2, 0) is 10.0 Å². The molecule has 0 fully saturated rings. The molecule has 0 amide bonds. The van der Waals surface area contributed by atoms with Gasteiger partial charge in [0.05, 0.1) is 22.1 Å². The summed E-state index contributed by atoms with van der Waals surface area (Å²) in [4.78, 5) is 5.43. The number of thiazole rings is 1. The number of nitrogens with zero attached hydrogens (tertiary/aromatic N) is 1. The van der Waals surface area contributed by atoms with Gasteiger partial charge in [0.25, 0.3) is 0 Å². The molecule has 102 valence electrons. The summed E-state index contributed by atoms with van der Waals surface area (Å²) in [5.41, 5.74) is 3.49. The molecule has 19 heavy (non-hydrogen) atoms. The van der Waals surface area contributed by atoms with Crippen LogP contribution >= 0.6 is 11.3 Å². The van der Waals surface area contributed by atoms with Gasteiger partial charge < -0.3 is 5.32 Å². The molecule has 1 aromatic carbocycles. The summed E-state index contributed by atoms with van der Waals surface area (Å²) in [6.45, 7) is 3.95. The molecular formula is C12H15N3O2S2. The van der Waals surface area contributed by atoms with E-state index in [0.29, 0.717) is 5.69 Å². The standard InChI is InChI=1S/C12H15N3O2S2/c1-8-12(18-7-14-8)9(2)15-10-4-3-5-11(6-10)19(13,16)17/h3-7,9,15H,1-2H3,(H2,13,16,17). The molecule has 0 spiro atoms. The van der Waals surface area contributed by atoms with Crippen molar-refractivity contribution in [2.75, 3.05) is 5.32 Å². The Hall–Kier alpha value is -1.44. The Balaban J connectivity index is 2.23. The summed E-state index contributed by atoms with van der Waals surface area (Å²) in [6.07, 6.45) is 0. The van der Waals surface area contributed by atoms with Crippen LogP contribution in [0.25, 0.3) is 0 Å². The molecule has 5 nitrogen and oxygen atoms in total. The molecule has 2 rings (SSSR count). The van der Waals surface area contributed by atoms with E-state index in [2.05, 4.69) is 10.3 Å². The molecule has 1 aromatic heterocycles. The van der Waals surface area contributed by atoms with Crippen LogP contribution in [0, 0.1) is 6.92 Å². The fourth-order valence-electron chi connectivity index (χ4n) is 1.80. The average molecular weight is 297 g/mol. The highest BCUT2D eigenvalue weighted by atomic mass is 32.2. The van der Waals surface area contributed by atoms with E-state index in [0.717, 1.165) is 10.6 Å². The molecule has 7 heteroatoms. The molecule has 0 aliphatic carbocycles. The van der Waals surface area contributed by atoms with Crippen LogP contribution in [-0.4, -0.2) is 13.4 Å². The first kappa shape index (κ1) is 14.0. The highest BCUT2D eigenvalue weighted by Gasteiger charge is 2.12. The number of aryl methyl sites for hydroxylation is 1. The first-order chi connectivity index (χ1) is 8.88. The van der Waals surface area contributed by atoms with E-state index in [9.17, 15) is 8.42 Å². The van der Waals surface area contributed by atoms with Crippen molar-refractivity contribution >= 4 is 27.0 Å². The van der Waals surface area contributed by atoms with Crippen LogP contribution in [0.2, 0.25) is 0 Å². The molecule has 2 aromatic rings. The smallest absolute Gasteiger partial charge is 0.238 e. The zero-order valence-corrected chi connectivity index (χ0v) is 12.3. The predicted molar refractivity (Wildman–Crippen MR) is 76.7 cm³/mol. The van der Waals surface area contributed by atoms with Crippen molar-refractivity contribution in [1.29, 1.82) is 0 Å². The number of hydrogen-bond acceptors (Lipinski definition) is 5. The normalized spacial score (nSPS) is 13.2. The quantitative estimate of drug-likeness (QED) is 0.906. The van der Waals surface area contributed by atoms with Gasteiger partial charge in [-0.05, 0) is 32.0 Å². The van der Waals surface area contributed by atoms with Crippen molar-refractivity contribution in [3.63, 3.8) is 0 Å². The molecule has 3 N–H and O–H groups in total. The second-order valence-corrected chi connectivity index (χ2v) is 6.69. The second-order valence-electron chi connectivity index (χ2n) is 4.24. The lowest BCUT2D eigenvalue weighted by Gasteiger charge is -2.14. The Morgan fingerprint density at radius 1 is 1.42 bits per heavy atom. The molecule has 0 aliphatic rings. The fourth-order valence-corrected chi connectivity index (χ4v) is 3.18. The fraction of sp³-hybridized carbons (Fsp3) is 0.250. The number of nitrogens with two attached hydrogens (primary N) is 1. The van der Waals surface area contributed by atoms with Crippen molar-refractivity contribution in [2.24, 2.45) is 5.14 Å². The van der Waals surface area contributed by atoms with Gasteiger partial charge in [-0.3, -0.25) is 0 Å². The summed E-state index contributed by atoms with van der Waals surface area (Å²) in [6, 6.07) is 6.53. The first-order valence-corrected chi connectivity index (χ1v) is 8.10. The number of nitrogens with one attached hydrogen (secondary N) is 1. The van der Waals surface area contributed by atoms with Gasteiger partial charge in [-0.15, -0.1) is 11.3 Å². The minimum atomic E-state index is -3.67. The van der Waals surface area contributed by atoms with Crippen molar-refractivity contribution in [2.45, 2.75) is 24.8 Å². The molecule has 0 bridgehead atoms. The van der Waals surface area contributed by atoms with Gasteiger partial charge in [0.1, 0.15) is 0 Å². The molecule has 1 atom stereocenters. The number of benzene rings is 1. The zero-order valence-electron chi connectivity index (χ0n) is 10.6. The minimum Gasteiger partial charge on any atom is -0.378 e. The summed E-state index contributed by atoms with van der Waals surface area (Å²) < 4.78 is 22.6. The Labute approximate surface area is 116 Å². The molecule has 0 radical (unpaired) electrons. The van der Waals surface area contributed by atoms with Crippen LogP contribution in [0.3, 0.4) is 0 Å². The third kappa shape index (κ3) is 3.31. The Kier molecular flexibility index (Phi) is 3.88. The van der Waals surface area contributed by atoms with E-state index >= 15 is 0 Å². The van der Waals surface area contributed by atoms with E-state index in [1.54, 1.807) is 22.9 Å². The molecule has 1 heterocycles. The van der Waals surface area contributed by atoms with Gasteiger partial charge in [-0.1, -0.05) is 6.07 Å². The van der Waals surface area contributed by atoms with Crippen LogP contribution < -0.4 is 10.5 Å². The molecular weight excluding hydrogens is 282 g/mol. The SMILES string of the molecule is Cc1ncsc1C(C)Nc1cccc(S(N)(=O)=O)c1. The van der Waals surface area contributed by atoms with Crippen LogP contribution in [0.5, 0.6) is 0 Å². The molecule has 0 aliphatic heterocycles.